The molecule has 22 heavy (non-hydrogen) atoms. The zero-order chi connectivity index (χ0) is 16.1. The molecule has 0 fully saturated rings. The summed E-state index contributed by atoms with van der Waals surface area (Å²) in [6.07, 6.45) is -4.47. The lowest BCUT2D eigenvalue weighted by atomic mass is 10.1. The van der Waals surface area contributed by atoms with Gasteiger partial charge < -0.3 is 0 Å². The number of aromatic nitrogens is 3. The molecule has 0 bridgehead atoms. The first kappa shape index (κ1) is 15.3. The van der Waals surface area contributed by atoms with Gasteiger partial charge >= 0.3 is 6.18 Å². The Morgan fingerprint density at radius 3 is 2.59 bits per heavy atom. The second kappa shape index (κ2) is 5.24. The average Bonchev–Trinajstić information content (AvgIpc) is 3.01. The van der Waals surface area contributed by atoms with Crippen molar-refractivity contribution in [1.82, 2.24) is 14.8 Å². The minimum Gasteiger partial charge on any atom is -0.247 e. The van der Waals surface area contributed by atoms with Crippen LogP contribution in [0.1, 0.15) is 18.2 Å². The van der Waals surface area contributed by atoms with Gasteiger partial charge in [-0.15, -0.1) is 11.3 Å². The van der Waals surface area contributed by atoms with Crippen molar-refractivity contribution in [1.29, 1.82) is 0 Å². The molecule has 3 aromatic rings. The predicted octanol–water partition coefficient (Wildman–Crippen LogP) is 5.16. The van der Waals surface area contributed by atoms with Crippen molar-refractivity contribution >= 4 is 34.0 Å². The quantitative estimate of drug-likeness (QED) is 0.642. The van der Waals surface area contributed by atoms with E-state index in [1.54, 1.807) is 19.1 Å². The maximum atomic E-state index is 13.4. The van der Waals surface area contributed by atoms with Crippen LogP contribution < -0.4 is 0 Å². The van der Waals surface area contributed by atoms with E-state index in [4.69, 9.17) is 11.6 Å². The Morgan fingerprint density at radius 1 is 1.32 bits per heavy atom. The summed E-state index contributed by atoms with van der Waals surface area (Å²) in [6.45, 7) is 3.83. The molecule has 0 atom stereocenters. The molecule has 3 aromatic heterocycles. The predicted molar refractivity (Wildman–Crippen MR) is 81.3 cm³/mol. The van der Waals surface area contributed by atoms with Crippen LogP contribution in [0.4, 0.5) is 13.2 Å². The standard InChI is InChI=1S/C14H11ClF3N3S/c1-3-21-13-12(7(2)20-21)8(14(16,17)18)6-9(19-13)10-4-5-11(15)22-10/h4-6H,3H2,1-2H3. The molecule has 0 aliphatic carbocycles. The van der Waals surface area contributed by atoms with E-state index in [9.17, 15) is 13.2 Å². The van der Waals surface area contributed by atoms with E-state index < -0.39 is 11.7 Å². The first-order chi connectivity index (χ1) is 10.3. The van der Waals surface area contributed by atoms with Crippen molar-refractivity contribution in [2.45, 2.75) is 26.6 Å². The summed E-state index contributed by atoms with van der Waals surface area (Å²) in [5, 5.41) is 4.21. The van der Waals surface area contributed by atoms with E-state index in [1.807, 2.05) is 6.92 Å². The Labute approximate surface area is 133 Å². The number of hydrogen-bond donors (Lipinski definition) is 0. The number of halogens is 4. The van der Waals surface area contributed by atoms with Gasteiger partial charge in [0.15, 0.2) is 5.65 Å². The molecule has 8 heteroatoms. The van der Waals surface area contributed by atoms with E-state index in [-0.39, 0.29) is 16.7 Å². The van der Waals surface area contributed by atoms with Gasteiger partial charge in [-0.1, -0.05) is 11.6 Å². The zero-order valence-corrected chi connectivity index (χ0v) is 13.3. The summed E-state index contributed by atoms with van der Waals surface area (Å²) in [6, 6.07) is 4.38. The highest BCUT2D eigenvalue weighted by atomic mass is 35.5. The molecule has 0 spiro atoms. The molecule has 116 valence electrons. The molecule has 3 nitrogen and oxygen atoms in total. The molecule has 0 amide bonds. The molecule has 0 N–H and O–H groups in total. The Morgan fingerprint density at radius 2 is 2.05 bits per heavy atom. The Bertz CT molecular complexity index is 851. The fourth-order valence-electron chi connectivity index (χ4n) is 2.38. The number of thiophene rings is 1. The summed E-state index contributed by atoms with van der Waals surface area (Å²) in [5.74, 6) is 0. The molecule has 0 saturated heterocycles. The Kier molecular flexibility index (Phi) is 3.65. The lowest BCUT2D eigenvalue weighted by molar-refractivity contribution is -0.136. The summed E-state index contributed by atoms with van der Waals surface area (Å²) in [4.78, 5) is 4.97. The van der Waals surface area contributed by atoms with E-state index in [1.165, 1.54) is 16.0 Å². The van der Waals surface area contributed by atoms with Gasteiger partial charge in [-0.2, -0.15) is 18.3 Å². The van der Waals surface area contributed by atoms with Crippen molar-refractivity contribution in [2.75, 3.05) is 0 Å². The van der Waals surface area contributed by atoms with Gasteiger partial charge in [-0.25, -0.2) is 9.67 Å². The molecule has 0 radical (unpaired) electrons. The van der Waals surface area contributed by atoms with Crippen molar-refractivity contribution in [3.63, 3.8) is 0 Å². The minimum atomic E-state index is -4.47. The molecule has 3 heterocycles. The first-order valence-corrected chi connectivity index (χ1v) is 7.71. The summed E-state index contributed by atoms with van der Waals surface area (Å²) in [7, 11) is 0. The molecular weight excluding hydrogens is 335 g/mol. The number of pyridine rings is 1. The van der Waals surface area contributed by atoms with Gasteiger partial charge in [0.2, 0.25) is 0 Å². The molecule has 0 unspecified atom stereocenters. The smallest absolute Gasteiger partial charge is 0.247 e. The van der Waals surface area contributed by atoms with E-state index in [0.717, 1.165) is 6.07 Å². The summed E-state index contributed by atoms with van der Waals surface area (Å²) >= 11 is 7.07. The van der Waals surface area contributed by atoms with Crippen LogP contribution in [0, 0.1) is 6.92 Å². The van der Waals surface area contributed by atoms with Crippen LogP contribution in [0.15, 0.2) is 18.2 Å². The summed E-state index contributed by atoms with van der Waals surface area (Å²) < 4.78 is 42.3. The van der Waals surface area contributed by atoms with Gasteiger partial charge in [0.1, 0.15) is 0 Å². The fraction of sp³-hybridized carbons (Fsp3) is 0.286. The Hall–Kier alpha value is -1.60. The summed E-state index contributed by atoms with van der Waals surface area (Å²) in [5.41, 5.74) is 0.113. The third-order valence-electron chi connectivity index (χ3n) is 3.31. The second-order valence-electron chi connectivity index (χ2n) is 4.76. The Balaban J connectivity index is 2.37. The van der Waals surface area contributed by atoms with Gasteiger partial charge in [-0.05, 0) is 32.0 Å². The highest BCUT2D eigenvalue weighted by molar-refractivity contribution is 7.19. The van der Waals surface area contributed by atoms with Crippen LogP contribution in [0.3, 0.4) is 0 Å². The number of nitrogens with zero attached hydrogens (tertiary/aromatic N) is 3. The van der Waals surface area contributed by atoms with Crippen molar-refractivity contribution < 1.29 is 13.2 Å². The normalized spacial score (nSPS) is 12.3. The number of alkyl halides is 3. The second-order valence-corrected chi connectivity index (χ2v) is 6.47. The maximum absolute atomic E-state index is 13.4. The van der Waals surface area contributed by atoms with Crippen LogP contribution in [0.25, 0.3) is 21.6 Å². The third kappa shape index (κ3) is 2.48. The lowest BCUT2D eigenvalue weighted by Crippen LogP contribution is -2.07. The SMILES string of the molecule is CCn1nc(C)c2c(C(F)(F)F)cc(-c3ccc(Cl)s3)nc21. The molecule has 0 aliphatic heterocycles. The van der Waals surface area contributed by atoms with Crippen molar-refractivity contribution in [3.8, 4) is 10.6 Å². The van der Waals surface area contributed by atoms with Crippen LogP contribution in [-0.4, -0.2) is 14.8 Å². The van der Waals surface area contributed by atoms with Gasteiger partial charge in [-0.3, -0.25) is 0 Å². The van der Waals surface area contributed by atoms with E-state index in [0.29, 0.717) is 21.5 Å². The zero-order valence-electron chi connectivity index (χ0n) is 11.7. The van der Waals surface area contributed by atoms with Crippen molar-refractivity contribution in [3.05, 3.63) is 33.8 Å². The highest BCUT2D eigenvalue weighted by Gasteiger charge is 2.35. The van der Waals surface area contributed by atoms with Gasteiger partial charge in [0.25, 0.3) is 0 Å². The van der Waals surface area contributed by atoms with E-state index >= 15 is 0 Å². The average molecular weight is 346 g/mol. The van der Waals surface area contributed by atoms with Gasteiger partial charge in [0.05, 0.1) is 31.6 Å². The number of aryl methyl sites for hydroxylation is 2. The first-order valence-electron chi connectivity index (χ1n) is 6.52. The number of rotatable bonds is 2. The number of fused-ring (bicyclic) bond motifs is 1. The minimum absolute atomic E-state index is 0.0563. The fourth-order valence-corrected chi connectivity index (χ4v) is 3.38. The van der Waals surface area contributed by atoms with Gasteiger partial charge in [0, 0.05) is 6.54 Å². The molecule has 0 aromatic carbocycles. The maximum Gasteiger partial charge on any atom is 0.417 e. The molecule has 0 saturated carbocycles. The topological polar surface area (TPSA) is 30.7 Å². The van der Waals surface area contributed by atoms with Crippen LogP contribution in [0.5, 0.6) is 0 Å². The highest BCUT2D eigenvalue weighted by Crippen LogP contribution is 2.39. The molecule has 3 rings (SSSR count). The largest absolute Gasteiger partial charge is 0.417 e. The van der Waals surface area contributed by atoms with Crippen molar-refractivity contribution in [2.24, 2.45) is 0 Å². The third-order valence-corrected chi connectivity index (χ3v) is 4.56. The van der Waals surface area contributed by atoms with Crippen LogP contribution in [-0.2, 0) is 12.7 Å². The van der Waals surface area contributed by atoms with Crippen LogP contribution in [0.2, 0.25) is 4.34 Å². The van der Waals surface area contributed by atoms with E-state index in [2.05, 4.69) is 10.1 Å². The molecule has 0 aliphatic rings. The monoisotopic (exact) mass is 345 g/mol. The lowest BCUT2D eigenvalue weighted by Gasteiger charge is -2.10. The molecular formula is C14H11ClF3N3S. The number of hydrogen-bond acceptors (Lipinski definition) is 3. The van der Waals surface area contributed by atoms with Crippen LogP contribution >= 0.6 is 22.9 Å².